The van der Waals surface area contributed by atoms with Crippen molar-refractivity contribution in [2.24, 2.45) is 11.8 Å². The summed E-state index contributed by atoms with van der Waals surface area (Å²) >= 11 is 0. The third-order valence-electron chi connectivity index (χ3n) is 6.83. The molecule has 194 valence electrons. The van der Waals surface area contributed by atoms with Crippen molar-refractivity contribution in [3.05, 3.63) is 48.5 Å². The van der Waals surface area contributed by atoms with Gasteiger partial charge in [-0.2, -0.15) is 4.31 Å². The third kappa shape index (κ3) is 5.82. The highest BCUT2D eigenvalue weighted by Gasteiger charge is 2.46. The summed E-state index contributed by atoms with van der Waals surface area (Å²) in [4.78, 5) is 23.3. The van der Waals surface area contributed by atoms with Crippen LogP contribution in [0.5, 0.6) is 0 Å². The molecule has 36 heavy (non-hydrogen) atoms. The van der Waals surface area contributed by atoms with Gasteiger partial charge in [-0.05, 0) is 74.4 Å². The fraction of sp³-hybridized carbons (Fsp3) is 0.462. The Morgan fingerprint density at radius 1 is 0.972 bits per heavy atom. The Bertz CT molecular complexity index is 1180. The minimum absolute atomic E-state index is 0.0919. The predicted molar refractivity (Wildman–Crippen MR) is 134 cm³/mol. The van der Waals surface area contributed by atoms with Crippen LogP contribution in [0.2, 0.25) is 0 Å². The molecule has 10 heteroatoms. The molecule has 1 saturated heterocycles. The number of benzene rings is 2. The van der Waals surface area contributed by atoms with Crippen LogP contribution >= 0.6 is 0 Å². The van der Waals surface area contributed by atoms with Crippen molar-refractivity contribution in [3.8, 4) is 11.1 Å². The van der Waals surface area contributed by atoms with Crippen molar-refractivity contribution in [2.45, 2.75) is 63.2 Å². The van der Waals surface area contributed by atoms with Gasteiger partial charge in [0.05, 0.1) is 11.0 Å². The van der Waals surface area contributed by atoms with Gasteiger partial charge in [0.15, 0.2) is 6.23 Å². The first kappa shape index (κ1) is 26.0. The Morgan fingerprint density at radius 2 is 1.58 bits per heavy atom. The van der Waals surface area contributed by atoms with Gasteiger partial charge in [0, 0.05) is 18.2 Å². The van der Waals surface area contributed by atoms with E-state index < -0.39 is 28.5 Å². The number of carbonyl (C=O) groups excluding carboxylic acids is 1. The molecular formula is C26H32N2O7S. The Morgan fingerprint density at radius 3 is 2.19 bits per heavy atom. The summed E-state index contributed by atoms with van der Waals surface area (Å²) in [7, 11) is -3.95. The second-order valence-electron chi connectivity index (χ2n) is 9.57. The van der Waals surface area contributed by atoms with Crippen molar-refractivity contribution in [3.63, 3.8) is 0 Å². The molecule has 9 nitrogen and oxygen atoms in total. The lowest BCUT2D eigenvalue weighted by Gasteiger charge is -2.45. The zero-order valence-electron chi connectivity index (χ0n) is 20.4. The van der Waals surface area contributed by atoms with Crippen molar-refractivity contribution in [2.75, 3.05) is 11.9 Å². The van der Waals surface area contributed by atoms with Gasteiger partial charge in [0.1, 0.15) is 0 Å². The van der Waals surface area contributed by atoms with Crippen LogP contribution in [0.25, 0.3) is 11.1 Å². The summed E-state index contributed by atoms with van der Waals surface area (Å²) in [5.41, 5.74) is 2.23. The van der Waals surface area contributed by atoms with E-state index >= 15 is 0 Å². The Hall–Kier alpha value is -3.11. The van der Waals surface area contributed by atoms with Gasteiger partial charge in [-0.15, -0.1) is 0 Å². The molecule has 0 spiro atoms. The van der Waals surface area contributed by atoms with E-state index in [1.807, 2.05) is 12.1 Å². The minimum atomic E-state index is -3.95. The second kappa shape index (κ2) is 10.9. The van der Waals surface area contributed by atoms with Gasteiger partial charge in [0.25, 0.3) is 0 Å². The van der Waals surface area contributed by atoms with Crippen LogP contribution in [0.1, 0.15) is 46.0 Å². The number of amides is 1. The van der Waals surface area contributed by atoms with E-state index in [0.29, 0.717) is 12.1 Å². The molecule has 3 atom stereocenters. The van der Waals surface area contributed by atoms with E-state index in [4.69, 9.17) is 9.47 Å². The number of rotatable bonds is 6. The maximum Gasteiger partial charge on any atom is 0.507 e. The standard InChI is InChI=1S/C26H32N2O7S/c1-17(2)34-25(29)27-21-11-7-18(8-12-21)19-9-13-22(14-10-19)36(32,33)28-16-15-20-5-3-4-6-23(20)24(28)35-26(30)31/h7-14,17,20,23-24H,3-6,15-16H2,1-2H3,(H,27,29)(H,30,31). The molecule has 1 amide bonds. The molecule has 0 radical (unpaired) electrons. The van der Waals surface area contributed by atoms with Gasteiger partial charge in [-0.1, -0.05) is 37.1 Å². The molecular weight excluding hydrogens is 484 g/mol. The summed E-state index contributed by atoms with van der Waals surface area (Å²) < 4.78 is 38.5. The number of carbonyl (C=O) groups is 2. The largest absolute Gasteiger partial charge is 0.507 e. The van der Waals surface area contributed by atoms with Crippen LogP contribution in [-0.4, -0.2) is 49.0 Å². The average Bonchev–Trinajstić information content (AvgIpc) is 2.84. The lowest BCUT2D eigenvalue weighted by atomic mass is 9.74. The van der Waals surface area contributed by atoms with Crippen molar-refractivity contribution in [1.29, 1.82) is 0 Å². The van der Waals surface area contributed by atoms with Gasteiger partial charge >= 0.3 is 12.2 Å². The number of hydrogen-bond acceptors (Lipinski definition) is 6. The fourth-order valence-corrected chi connectivity index (χ4v) is 6.74. The minimum Gasteiger partial charge on any atom is -0.450 e. The topological polar surface area (TPSA) is 122 Å². The van der Waals surface area contributed by atoms with Crippen molar-refractivity contribution < 1.29 is 32.6 Å². The Balaban J connectivity index is 1.51. The summed E-state index contributed by atoms with van der Waals surface area (Å²) in [5, 5.41) is 12.0. The summed E-state index contributed by atoms with van der Waals surface area (Å²) in [6.45, 7) is 3.77. The molecule has 2 fully saturated rings. The molecule has 2 aromatic rings. The van der Waals surface area contributed by atoms with Crippen LogP contribution in [0.4, 0.5) is 15.3 Å². The molecule has 2 aromatic carbocycles. The van der Waals surface area contributed by atoms with E-state index in [-0.39, 0.29) is 29.4 Å². The highest BCUT2D eigenvalue weighted by Crippen LogP contribution is 2.42. The molecule has 2 N–H and O–H groups in total. The highest BCUT2D eigenvalue weighted by atomic mass is 32.2. The van der Waals surface area contributed by atoms with Gasteiger partial charge in [0.2, 0.25) is 10.0 Å². The third-order valence-corrected chi connectivity index (χ3v) is 8.70. The van der Waals surface area contributed by atoms with Crippen LogP contribution in [0, 0.1) is 11.8 Å². The Kier molecular flexibility index (Phi) is 7.85. The molecule has 0 bridgehead atoms. The molecule has 1 saturated carbocycles. The van der Waals surface area contributed by atoms with Crippen LogP contribution < -0.4 is 5.32 Å². The fourth-order valence-electron chi connectivity index (χ4n) is 5.17. The lowest BCUT2D eigenvalue weighted by Crippen LogP contribution is -2.54. The average molecular weight is 517 g/mol. The number of nitrogens with zero attached hydrogens (tertiary/aromatic N) is 1. The zero-order chi connectivity index (χ0) is 25.9. The quantitative estimate of drug-likeness (QED) is 0.484. The Labute approximate surface area is 211 Å². The number of fused-ring (bicyclic) bond motifs is 1. The molecule has 2 aliphatic rings. The SMILES string of the molecule is CC(C)OC(=O)Nc1ccc(-c2ccc(S(=O)(=O)N3CCC4CCCCC4C3OC(=O)O)cc2)cc1. The summed E-state index contributed by atoms with van der Waals surface area (Å²) in [5.74, 6) is 0.157. The van der Waals surface area contributed by atoms with Gasteiger partial charge in [-0.25, -0.2) is 18.0 Å². The monoisotopic (exact) mass is 516 g/mol. The molecule has 1 heterocycles. The first-order valence-electron chi connectivity index (χ1n) is 12.2. The van der Waals surface area contributed by atoms with E-state index in [9.17, 15) is 23.1 Å². The van der Waals surface area contributed by atoms with Crippen molar-refractivity contribution >= 4 is 28.0 Å². The predicted octanol–water partition coefficient (Wildman–Crippen LogP) is 5.53. The number of nitrogens with one attached hydrogen (secondary N) is 1. The number of anilines is 1. The highest BCUT2D eigenvalue weighted by molar-refractivity contribution is 7.89. The maximum atomic E-state index is 13.5. The lowest BCUT2D eigenvalue weighted by molar-refractivity contribution is -0.0819. The van der Waals surface area contributed by atoms with Crippen LogP contribution in [0.3, 0.4) is 0 Å². The van der Waals surface area contributed by atoms with E-state index in [0.717, 1.165) is 36.8 Å². The van der Waals surface area contributed by atoms with Crippen LogP contribution in [0.15, 0.2) is 53.4 Å². The molecule has 1 aliphatic heterocycles. The molecule has 0 aromatic heterocycles. The number of sulfonamides is 1. The van der Waals surface area contributed by atoms with E-state index in [1.165, 1.54) is 16.4 Å². The summed E-state index contributed by atoms with van der Waals surface area (Å²) in [6, 6.07) is 13.6. The molecule has 3 unspecified atom stereocenters. The van der Waals surface area contributed by atoms with Crippen LogP contribution in [-0.2, 0) is 19.5 Å². The second-order valence-corrected chi connectivity index (χ2v) is 11.5. The smallest absolute Gasteiger partial charge is 0.450 e. The van der Waals surface area contributed by atoms with Gasteiger partial charge in [-0.3, -0.25) is 5.32 Å². The number of ether oxygens (including phenoxy) is 2. The van der Waals surface area contributed by atoms with E-state index in [1.54, 1.807) is 38.1 Å². The number of carboxylic acid groups (broad SMARTS) is 1. The van der Waals surface area contributed by atoms with E-state index in [2.05, 4.69) is 5.32 Å². The number of hydrogen-bond donors (Lipinski definition) is 2. The summed E-state index contributed by atoms with van der Waals surface area (Å²) in [6.07, 6.45) is 1.23. The normalized spacial score (nSPS) is 22.5. The van der Waals surface area contributed by atoms with Gasteiger partial charge < -0.3 is 14.6 Å². The zero-order valence-corrected chi connectivity index (χ0v) is 21.2. The number of piperidine rings is 1. The maximum absolute atomic E-state index is 13.5. The molecule has 4 rings (SSSR count). The van der Waals surface area contributed by atoms with Crippen molar-refractivity contribution in [1.82, 2.24) is 4.31 Å². The molecule has 1 aliphatic carbocycles. The first-order valence-corrected chi connectivity index (χ1v) is 13.7. The first-order chi connectivity index (χ1) is 17.1.